The Balaban J connectivity index is 0.00000144. The van der Waals surface area contributed by atoms with E-state index in [1.54, 1.807) is 12.4 Å². The van der Waals surface area contributed by atoms with E-state index in [0.29, 0.717) is 5.92 Å². The molecule has 1 aliphatic heterocycles. The SMILES string of the molecule is C=C.CC1(C)CN(c2nccnc2Nc2ccccc2)c2cc(-c3ccccc3C3CCCCC3)ccc21. The number of nitrogens with zero attached hydrogens (tertiary/aromatic N) is 3. The highest BCUT2D eigenvalue weighted by Gasteiger charge is 2.37. The van der Waals surface area contributed by atoms with Crippen LogP contribution in [-0.2, 0) is 5.41 Å². The molecule has 4 nitrogen and oxygen atoms in total. The van der Waals surface area contributed by atoms with Gasteiger partial charge in [-0.25, -0.2) is 9.97 Å². The van der Waals surface area contributed by atoms with E-state index in [-0.39, 0.29) is 5.41 Å². The van der Waals surface area contributed by atoms with Crippen molar-refractivity contribution in [3.63, 3.8) is 0 Å². The second-order valence-electron chi connectivity index (χ2n) is 10.8. The molecular weight excluding hydrogens is 464 g/mol. The molecule has 1 aromatic heterocycles. The van der Waals surface area contributed by atoms with Gasteiger partial charge in [-0.3, -0.25) is 0 Å². The lowest BCUT2D eigenvalue weighted by Gasteiger charge is -2.25. The molecule has 1 N–H and O–H groups in total. The van der Waals surface area contributed by atoms with Crippen LogP contribution in [0.25, 0.3) is 11.1 Å². The number of nitrogens with one attached hydrogen (secondary N) is 1. The summed E-state index contributed by atoms with van der Waals surface area (Å²) >= 11 is 0. The van der Waals surface area contributed by atoms with E-state index >= 15 is 0 Å². The van der Waals surface area contributed by atoms with E-state index in [9.17, 15) is 0 Å². The zero-order valence-electron chi connectivity index (χ0n) is 22.7. The summed E-state index contributed by atoms with van der Waals surface area (Å²) in [7, 11) is 0. The molecule has 2 aliphatic rings. The second-order valence-corrected chi connectivity index (χ2v) is 10.8. The average Bonchev–Trinajstić information content (AvgIpc) is 3.25. The number of benzene rings is 3. The minimum Gasteiger partial charge on any atom is -0.337 e. The topological polar surface area (TPSA) is 41.1 Å². The van der Waals surface area contributed by atoms with Gasteiger partial charge in [0.1, 0.15) is 0 Å². The van der Waals surface area contributed by atoms with Gasteiger partial charge < -0.3 is 10.2 Å². The molecule has 2 heterocycles. The third-order valence-corrected chi connectivity index (χ3v) is 7.86. The molecule has 4 aromatic rings. The standard InChI is InChI=1S/C32H34N4.C2H4/c1-32(2)22-36(31-30(33-19-20-34-31)35-25-13-7-4-8-14-25)29-21-24(17-18-28(29)32)27-16-10-9-15-26(27)23-11-5-3-6-12-23;1-2/h4,7-10,13-21,23H,3,5-6,11-12,22H2,1-2H3,(H,33,35);1-2H2. The Labute approximate surface area is 227 Å². The molecule has 0 bridgehead atoms. The van der Waals surface area contributed by atoms with Crippen LogP contribution >= 0.6 is 0 Å². The van der Waals surface area contributed by atoms with Gasteiger partial charge in [0.2, 0.25) is 0 Å². The Bertz CT molecular complexity index is 1370. The summed E-state index contributed by atoms with van der Waals surface area (Å²) in [4.78, 5) is 11.8. The molecule has 0 spiro atoms. The van der Waals surface area contributed by atoms with Crippen LogP contribution in [0.1, 0.15) is 63.0 Å². The van der Waals surface area contributed by atoms with Gasteiger partial charge in [0.25, 0.3) is 0 Å². The smallest absolute Gasteiger partial charge is 0.176 e. The predicted octanol–water partition coefficient (Wildman–Crippen LogP) is 9.17. The number of aromatic nitrogens is 2. The summed E-state index contributed by atoms with van der Waals surface area (Å²) in [5.41, 5.74) is 7.78. The summed E-state index contributed by atoms with van der Waals surface area (Å²) in [6.07, 6.45) is 10.2. The molecule has 1 saturated carbocycles. The molecule has 1 aliphatic carbocycles. The highest BCUT2D eigenvalue weighted by atomic mass is 15.3. The zero-order valence-corrected chi connectivity index (χ0v) is 22.7. The van der Waals surface area contributed by atoms with Crippen LogP contribution in [0, 0.1) is 0 Å². The molecule has 0 saturated heterocycles. The fourth-order valence-electron chi connectivity index (χ4n) is 6.05. The Hall–Kier alpha value is -3.92. The van der Waals surface area contributed by atoms with Crippen molar-refractivity contribution >= 4 is 23.0 Å². The number of hydrogen-bond donors (Lipinski definition) is 1. The summed E-state index contributed by atoms with van der Waals surface area (Å²) in [6.45, 7) is 11.5. The normalized spacial score (nSPS) is 16.3. The number of hydrogen-bond acceptors (Lipinski definition) is 4. The Morgan fingerprint density at radius 3 is 2.34 bits per heavy atom. The Morgan fingerprint density at radius 1 is 0.842 bits per heavy atom. The molecule has 4 heteroatoms. The van der Waals surface area contributed by atoms with Crippen molar-refractivity contribution in [2.24, 2.45) is 0 Å². The first-order valence-corrected chi connectivity index (χ1v) is 13.7. The van der Waals surface area contributed by atoms with Crippen molar-refractivity contribution in [3.05, 3.63) is 109 Å². The maximum absolute atomic E-state index is 4.82. The maximum Gasteiger partial charge on any atom is 0.176 e. The fourth-order valence-corrected chi connectivity index (χ4v) is 6.05. The van der Waals surface area contributed by atoms with Crippen LogP contribution < -0.4 is 10.2 Å². The van der Waals surface area contributed by atoms with Crippen molar-refractivity contribution in [1.82, 2.24) is 9.97 Å². The lowest BCUT2D eigenvalue weighted by Crippen LogP contribution is -2.26. The summed E-state index contributed by atoms with van der Waals surface area (Å²) in [6, 6.07) is 26.3. The first-order chi connectivity index (χ1) is 18.6. The van der Waals surface area contributed by atoms with E-state index in [2.05, 4.69) is 96.8 Å². The van der Waals surface area contributed by atoms with Gasteiger partial charge >= 0.3 is 0 Å². The van der Waals surface area contributed by atoms with Crippen LogP contribution in [0.15, 0.2) is 98.3 Å². The molecule has 0 amide bonds. The van der Waals surface area contributed by atoms with Gasteiger partial charge in [0.05, 0.1) is 0 Å². The molecule has 0 unspecified atom stereocenters. The van der Waals surface area contributed by atoms with Gasteiger partial charge in [-0.15, -0.1) is 13.2 Å². The molecule has 0 radical (unpaired) electrons. The third-order valence-electron chi connectivity index (χ3n) is 7.86. The quantitative estimate of drug-likeness (QED) is 0.276. The molecule has 0 atom stereocenters. The monoisotopic (exact) mass is 502 g/mol. The highest BCUT2D eigenvalue weighted by molar-refractivity contribution is 5.82. The summed E-state index contributed by atoms with van der Waals surface area (Å²) in [5, 5.41) is 3.49. The van der Waals surface area contributed by atoms with Gasteiger partial charge in [-0.1, -0.05) is 87.7 Å². The predicted molar refractivity (Wildman–Crippen MR) is 161 cm³/mol. The van der Waals surface area contributed by atoms with Crippen LogP contribution in [-0.4, -0.2) is 16.5 Å². The average molecular weight is 503 g/mol. The Kier molecular flexibility index (Phi) is 7.59. The first kappa shape index (κ1) is 25.7. The minimum absolute atomic E-state index is 0.0122. The number of fused-ring (bicyclic) bond motifs is 1. The van der Waals surface area contributed by atoms with Crippen molar-refractivity contribution < 1.29 is 0 Å². The van der Waals surface area contributed by atoms with Gasteiger partial charge in [-0.2, -0.15) is 0 Å². The molecule has 38 heavy (non-hydrogen) atoms. The lowest BCUT2D eigenvalue weighted by atomic mass is 9.80. The minimum atomic E-state index is 0.0122. The van der Waals surface area contributed by atoms with Crippen LogP contribution in [0.4, 0.5) is 23.0 Å². The van der Waals surface area contributed by atoms with E-state index in [0.717, 1.165) is 23.9 Å². The second kappa shape index (κ2) is 11.2. The molecule has 194 valence electrons. The van der Waals surface area contributed by atoms with Gasteiger partial charge in [0, 0.05) is 35.7 Å². The van der Waals surface area contributed by atoms with Crippen LogP contribution in [0.5, 0.6) is 0 Å². The van der Waals surface area contributed by atoms with E-state index in [1.165, 1.54) is 60.0 Å². The van der Waals surface area contributed by atoms with Crippen molar-refractivity contribution in [3.8, 4) is 11.1 Å². The van der Waals surface area contributed by atoms with Crippen molar-refractivity contribution in [2.45, 2.75) is 57.3 Å². The number of para-hydroxylation sites is 1. The van der Waals surface area contributed by atoms with Gasteiger partial charge in [-0.05, 0) is 59.2 Å². The number of anilines is 4. The van der Waals surface area contributed by atoms with Gasteiger partial charge in [0.15, 0.2) is 11.6 Å². The zero-order chi connectivity index (χ0) is 26.5. The molecule has 6 rings (SSSR count). The summed E-state index contributed by atoms with van der Waals surface area (Å²) in [5.74, 6) is 2.31. The number of rotatable bonds is 5. The van der Waals surface area contributed by atoms with Crippen LogP contribution in [0.2, 0.25) is 0 Å². The summed E-state index contributed by atoms with van der Waals surface area (Å²) < 4.78 is 0. The van der Waals surface area contributed by atoms with Crippen molar-refractivity contribution in [2.75, 3.05) is 16.8 Å². The largest absolute Gasteiger partial charge is 0.337 e. The van der Waals surface area contributed by atoms with E-state index < -0.39 is 0 Å². The molecule has 3 aromatic carbocycles. The maximum atomic E-state index is 4.82. The molecule has 1 fully saturated rings. The van der Waals surface area contributed by atoms with Crippen molar-refractivity contribution in [1.29, 1.82) is 0 Å². The Morgan fingerprint density at radius 2 is 1.55 bits per heavy atom. The molecular formula is C34H38N4. The van der Waals surface area contributed by atoms with E-state index in [1.807, 2.05) is 18.2 Å². The highest BCUT2D eigenvalue weighted by Crippen LogP contribution is 2.47. The first-order valence-electron chi connectivity index (χ1n) is 13.7. The third kappa shape index (κ3) is 5.08. The van der Waals surface area contributed by atoms with E-state index in [4.69, 9.17) is 4.98 Å². The van der Waals surface area contributed by atoms with Crippen LogP contribution in [0.3, 0.4) is 0 Å². The fraction of sp³-hybridized carbons (Fsp3) is 0.294. The lowest BCUT2D eigenvalue weighted by molar-refractivity contribution is 0.444.